The summed E-state index contributed by atoms with van der Waals surface area (Å²) in [4.78, 5) is 4.55. The van der Waals surface area contributed by atoms with Crippen LogP contribution in [0.25, 0.3) is 11.6 Å². The highest BCUT2D eigenvalue weighted by molar-refractivity contribution is 5.84. The molecule has 0 heterocycles. The van der Waals surface area contributed by atoms with Gasteiger partial charge in [-0.25, -0.2) is 0 Å². The first-order valence-electron chi connectivity index (χ1n) is 17.1. The van der Waals surface area contributed by atoms with E-state index in [1.54, 1.807) is 0 Å². The van der Waals surface area contributed by atoms with Gasteiger partial charge >= 0.3 is 0 Å². The van der Waals surface area contributed by atoms with E-state index < -0.39 is 0 Å². The van der Waals surface area contributed by atoms with Crippen molar-refractivity contribution in [2.45, 2.75) is 34.6 Å². The minimum Gasteiger partial charge on any atom is -0.466 e. The van der Waals surface area contributed by atoms with Crippen molar-refractivity contribution in [1.82, 2.24) is 0 Å². The Bertz CT molecular complexity index is 2120. The Hall–Kier alpha value is -6.26. The highest BCUT2D eigenvalue weighted by Gasteiger charge is 2.16. The van der Waals surface area contributed by atoms with Crippen LogP contribution in [-0.2, 0) is 0 Å². The van der Waals surface area contributed by atoms with E-state index in [-0.39, 0.29) is 0 Å². The molecule has 51 heavy (non-hydrogen) atoms. The molecular weight excluding hydrogens is 625 g/mol. The van der Waals surface area contributed by atoms with E-state index in [1.165, 1.54) is 40.4 Å². The van der Waals surface area contributed by atoms with Gasteiger partial charge in [0.1, 0.15) is 11.5 Å². The van der Waals surface area contributed by atoms with E-state index in [0.29, 0.717) is 0 Å². The number of hydrogen-bond donors (Lipinski definition) is 0. The van der Waals surface area contributed by atoms with Crippen LogP contribution >= 0.6 is 0 Å². The fourth-order valence-corrected chi connectivity index (χ4v) is 6.52. The molecule has 0 atom stereocenters. The molecule has 0 spiro atoms. The molecule has 6 aromatic carbocycles. The van der Waals surface area contributed by atoms with Crippen molar-refractivity contribution in [3.63, 3.8) is 0 Å². The van der Waals surface area contributed by atoms with E-state index in [1.807, 2.05) is 24.3 Å². The zero-order chi connectivity index (χ0) is 35.9. The monoisotopic (exact) mass is 668 g/mol. The minimum absolute atomic E-state index is 0.754. The Kier molecular flexibility index (Phi) is 10.5. The number of anilines is 6. The molecule has 254 valence electrons. The van der Waals surface area contributed by atoms with E-state index in [0.717, 1.165) is 56.8 Å². The zero-order valence-corrected chi connectivity index (χ0v) is 30.1. The molecule has 0 fully saturated rings. The van der Waals surface area contributed by atoms with Gasteiger partial charge in [0.05, 0.1) is 12.5 Å². The number of nitrogens with zero attached hydrogens (tertiary/aromatic N) is 2. The van der Waals surface area contributed by atoms with Crippen LogP contribution < -0.4 is 19.3 Å². The van der Waals surface area contributed by atoms with Crippen molar-refractivity contribution >= 4 is 45.8 Å². The molecule has 6 rings (SSSR count). The first kappa shape index (κ1) is 34.6. The van der Waals surface area contributed by atoms with E-state index in [2.05, 4.69) is 173 Å². The quantitative estimate of drug-likeness (QED) is 0.0957. The first-order chi connectivity index (χ1) is 24.7. The molecule has 0 aromatic heterocycles. The minimum atomic E-state index is 0.754. The highest BCUT2D eigenvalue weighted by Crippen LogP contribution is 2.38. The third-order valence-electron chi connectivity index (χ3n) is 8.67. The summed E-state index contributed by atoms with van der Waals surface area (Å²) in [6.45, 7) is 18.1. The summed E-state index contributed by atoms with van der Waals surface area (Å²) < 4.78 is 11.0. The molecule has 6 aromatic rings. The Morgan fingerprint density at radius 2 is 0.784 bits per heavy atom. The summed E-state index contributed by atoms with van der Waals surface area (Å²) in [5.74, 6) is 1.51. The largest absolute Gasteiger partial charge is 0.466 e. The molecule has 0 amide bonds. The van der Waals surface area contributed by atoms with Crippen LogP contribution in [0.1, 0.15) is 40.3 Å². The zero-order valence-electron chi connectivity index (χ0n) is 30.1. The first-order valence-corrected chi connectivity index (χ1v) is 17.1. The summed E-state index contributed by atoms with van der Waals surface area (Å²) in [6, 6.07) is 46.9. The third kappa shape index (κ3) is 8.31. The van der Waals surface area contributed by atoms with Gasteiger partial charge in [-0.3, -0.25) is 0 Å². The van der Waals surface area contributed by atoms with Crippen LogP contribution in [0.5, 0.6) is 11.5 Å². The van der Waals surface area contributed by atoms with Gasteiger partial charge in [-0.1, -0.05) is 55.6 Å². The SMILES string of the molecule is C=COc1ccc(N(c2ccc(C=C(C)c3ccc(N(c4ccc(OC=C)cc4)c4cc(C)cc(C)c4)cc3)cc2)c2cc(C)cc(C)c2)cc1. The maximum absolute atomic E-state index is 5.49. The van der Waals surface area contributed by atoms with E-state index in [9.17, 15) is 0 Å². The second-order valence-electron chi connectivity index (χ2n) is 12.9. The molecule has 0 aliphatic rings. The maximum atomic E-state index is 5.49. The summed E-state index contributed by atoms with van der Waals surface area (Å²) in [5.41, 5.74) is 14.8. The number of rotatable bonds is 12. The van der Waals surface area contributed by atoms with E-state index >= 15 is 0 Å². The molecule has 0 aliphatic heterocycles. The van der Waals surface area contributed by atoms with Gasteiger partial charge in [0.15, 0.2) is 0 Å². The van der Waals surface area contributed by atoms with Gasteiger partial charge in [0, 0.05) is 34.1 Å². The molecule has 0 N–H and O–H groups in total. The number of hydrogen-bond acceptors (Lipinski definition) is 4. The molecule has 0 radical (unpaired) electrons. The van der Waals surface area contributed by atoms with Crippen LogP contribution in [-0.4, -0.2) is 0 Å². The summed E-state index contributed by atoms with van der Waals surface area (Å²) >= 11 is 0. The molecule has 0 saturated heterocycles. The predicted molar refractivity (Wildman–Crippen MR) is 216 cm³/mol. The lowest BCUT2D eigenvalue weighted by Crippen LogP contribution is -2.10. The van der Waals surface area contributed by atoms with Crippen molar-refractivity contribution in [1.29, 1.82) is 0 Å². The molecule has 0 saturated carbocycles. The number of aryl methyl sites for hydroxylation is 4. The maximum Gasteiger partial charge on any atom is 0.126 e. The standard InChI is InChI=1S/C47H44N2O2/c1-8-50-46-22-18-42(19-23-46)48(44-28-33(3)26-34(4)29-44)40-14-10-38(11-15-40)32-37(7)39-12-16-41(17-13-39)49(45-30-35(5)27-36(6)31-45)43-20-24-47(25-21-43)51-9-2/h8-32H,1-2H2,3-7H3. The van der Waals surface area contributed by atoms with Crippen molar-refractivity contribution in [3.8, 4) is 11.5 Å². The Morgan fingerprint density at radius 1 is 0.451 bits per heavy atom. The van der Waals surface area contributed by atoms with Crippen LogP contribution in [0.15, 0.2) is 159 Å². The molecule has 0 unspecified atom stereocenters. The highest BCUT2D eigenvalue weighted by atomic mass is 16.5. The van der Waals surface area contributed by atoms with Crippen LogP contribution in [0.3, 0.4) is 0 Å². The molecule has 4 heteroatoms. The molecule has 4 nitrogen and oxygen atoms in total. The van der Waals surface area contributed by atoms with Crippen molar-refractivity contribution in [2.24, 2.45) is 0 Å². The fraction of sp³-hybridized carbons (Fsp3) is 0.106. The fourth-order valence-electron chi connectivity index (χ4n) is 6.52. The number of ether oxygens (including phenoxy) is 2. The van der Waals surface area contributed by atoms with Gasteiger partial charge < -0.3 is 19.3 Å². The molecular formula is C47H44N2O2. The Labute approximate surface area is 302 Å². The topological polar surface area (TPSA) is 24.9 Å². The van der Waals surface area contributed by atoms with Gasteiger partial charge in [-0.2, -0.15) is 0 Å². The molecule has 0 bridgehead atoms. The van der Waals surface area contributed by atoms with Crippen LogP contribution in [0.4, 0.5) is 34.1 Å². The average Bonchev–Trinajstić information content (AvgIpc) is 3.10. The van der Waals surface area contributed by atoms with Gasteiger partial charge in [0.2, 0.25) is 0 Å². The lowest BCUT2D eigenvalue weighted by Gasteiger charge is -2.27. The second kappa shape index (κ2) is 15.5. The Balaban J connectivity index is 1.28. The lowest BCUT2D eigenvalue weighted by atomic mass is 10.0. The van der Waals surface area contributed by atoms with Crippen LogP contribution in [0.2, 0.25) is 0 Å². The third-order valence-corrected chi connectivity index (χ3v) is 8.67. The second-order valence-corrected chi connectivity index (χ2v) is 12.9. The van der Waals surface area contributed by atoms with Crippen LogP contribution in [0, 0.1) is 27.7 Å². The predicted octanol–water partition coefficient (Wildman–Crippen LogP) is 13.5. The summed E-state index contributed by atoms with van der Waals surface area (Å²) in [7, 11) is 0. The van der Waals surface area contributed by atoms with Gasteiger partial charge in [0.25, 0.3) is 0 Å². The van der Waals surface area contributed by atoms with Gasteiger partial charge in [-0.15, -0.1) is 0 Å². The van der Waals surface area contributed by atoms with Crippen molar-refractivity contribution in [2.75, 3.05) is 9.80 Å². The van der Waals surface area contributed by atoms with Crippen molar-refractivity contribution < 1.29 is 9.47 Å². The lowest BCUT2D eigenvalue weighted by molar-refractivity contribution is 0.483. The summed E-state index contributed by atoms with van der Waals surface area (Å²) in [6.07, 6.45) is 5.13. The van der Waals surface area contributed by atoms with Crippen molar-refractivity contribution in [3.05, 3.63) is 193 Å². The number of benzene rings is 6. The molecule has 0 aliphatic carbocycles. The van der Waals surface area contributed by atoms with Gasteiger partial charge in [-0.05, 0) is 171 Å². The smallest absolute Gasteiger partial charge is 0.126 e. The number of allylic oxidation sites excluding steroid dienone is 1. The Morgan fingerprint density at radius 3 is 1.14 bits per heavy atom. The average molecular weight is 669 g/mol. The summed E-state index contributed by atoms with van der Waals surface area (Å²) in [5, 5.41) is 0. The van der Waals surface area contributed by atoms with E-state index in [4.69, 9.17) is 9.47 Å². The normalized spacial score (nSPS) is 11.1.